The zero-order valence-corrected chi connectivity index (χ0v) is 16.7. The van der Waals surface area contributed by atoms with E-state index >= 15 is 0 Å². The maximum Gasteiger partial charge on any atom is 0.341 e. The first kappa shape index (κ1) is 22.3. The molecule has 0 spiro atoms. The minimum absolute atomic E-state index is 0.0757. The number of benzene rings is 2. The number of halogens is 2. The van der Waals surface area contributed by atoms with E-state index in [4.69, 9.17) is 4.74 Å². The normalized spacial score (nSPS) is 12.3. The number of sulfone groups is 1. The van der Waals surface area contributed by atoms with E-state index in [1.54, 1.807) is 24.3 Å². The molecule has 0 aliphatic rings. The number of nitrogens with one attached hydrogen (secondary N) is 1. The van der Waals surface area contributed by atoms with Gasteiger partial charge in [-0.2, -0.15) is 8.78 Å². The summed E-state index contributed by atoms with van der Waals surface area (Å²) in [7, 11) is -0.993. The molecule has 0 saturated carbocycles. The molecule has 1 unspecified atom stereocenters. The van der Waals surface area contributed by atoms with Gasteiger partial charge in [-0.05, 0) is 55.5 Å². The summed E-state index contributed by atoms with van der Waals surface area (Å²) in [4.78, 5) is 25.6. The Bertz CT molecular complexity index is 975. The number of esters is 1. The predicted octanol–water partition coefficient (Wildman–Crippen LogP) is 2.93. The highest BCUT2D eigenvalue weighted by atomic mass is 32.2. The van der Waals surface area contributed by atoms with Crippen LogP contribution in [0.25, 0.3) is 0 Å². The van der Waals surface area contributed by atoms with Gasteiger partial charge in [0.1, 0.15) is 0 Å². The standard InChI is InChI=1S/C19H20F2N2O5S/c1-12(17(24)22-14-6-8-15(9-7-14)23(2)3)28-18(25)13-4-10-16(11-5-13)29(26,27)19(20)21/h4-12,19H,1-3H3,(H,22,24). The molecule has 2 aromatic carbocycles. The van der Waals surface area contributed by atoms with Gasteiger partial charge in [-0.25, -0.2) is 13.2 Å². The fourth-order valence-corrected chi connectivity index (χ4v) is 2.97. The van der Waals surface area contributed by atoms with E-state index in [1.165, 1.54) is 6.92 Å². The van der Waals surface area contributed by atoms with Crippen molar-refractivity contribution in [2.45, 2.75) is 23.7 Å². The van der Waals surface area contributed by atoms with Gasteiger partial charge in [0.25, 0.3) is 5.91 Å². The van der Waals surface area contributed by atoms with Crippen molar-refractivity contribution < 1.29 is 31.5 Å². The van der Waals surface area contributed by atoms with E-state index in [2.05, 4.69) is 5.32 Å². The molecule has 0 radical (unpaired) electrons. The molecule has 0 aliphatic heterocycles. The predicted molar refractivity (Wildman–Crippen MR) is 104 cm³/mol. The van der Waals surface area contributed by atoms with Gasteiger partial charge in [0.15, 0.2) is 6.10 Å². The van der Waals surface area contributed by atoms with Crippen molar-refractivity contribution in [1.82, 2.24) is 0 Å². The van der Waals surface area contributed by atoms with Crippen molar-refractivity contribution in [3.63, 3.8) is 0 Å². The van der Waals surface area contributed by atoms with E-state index < -0.39 is 38.5 Å². The van der Waals surface area contributed by atoms with Gasteiger partial charge >= 0.3 is 11.7 Å². The van der Waals surface area contributed by atoms with Gasteiger partial charge in [0.2, 0.25) is 9.84 Å². The second-order valence-corrected chi connectivity index (χ2v) is 8.23. The Labute approximate surface area is 167 Å². The second-order valence-electron chi connectivity index (χ2n) is 6.31. The maximum atomic E-state index is 12.5. The van der Waals surface area contributed by atoms with Gasteiger partial charge < -0.3 is 15.0 Å². The van der Waals surface area contributed by atoms with Gasteiger partial charge in [0, 0.05) is 25.5 Å². The van der Waals surface area contributed by atoms with Crippen molar-refractivity contribution in [3.05, 3.63) is 54.1 Å². The SMILES string of the molecule is CC(OC(=O)c1ccc(S(=O)(=O)C(F)F)cc1)C(=O)Nc1ccc(N(C)C)cc1. The monoisotopic (exact) mass is 426 g/mol. The van der Waals surface area contributed by atoms with Crippen LogP contribution in [-0.2, 0) is 19.4 Å². The van der Waals surface area contributed by atoms with Crippen LogP contribution in [0.15, 0.2) is 53.4 Å². The molecule has 0 heterocycles. The smallest absolute Gasteiger partial charge is 0.341 e. The first-order valence-electron chi connectivity index (χ1n) is 8.43. The van der Waals surface area contributed by atoms with Crippen LogP contribution in [0.1, 0.15) is 17.3 Å². The second kappa shape index (κ2) is 8.99. The Morgan fingerprint density at radius 1 is 1.00 bits per heavy atom. The summed E-state index contributed by atoms with van der Waals surface area (Å²) in [5.41, 5.74) is 1.39. The first-order valence-corrected chi connectivity index (χ1v) is 9.98. The lowest BCUT2D eigenvalue weighted by atomic mass is 10.2. The van der Waals surface area contributed by atoms with Crippen LogP contribution >= 0.6 is 0 Å². The number of hydrogen-bond donors (Lipinski definition) is 1. The number of alkyl halides is 2. The number of carbonyl (C=O) groups excluding carboxylic acids is 2. The summed E-state index contributed by atoms with van der Waals surface area (Å²) in [6.45, 7) is 1.37. The van der Waals surface area contributed by atoms with Crippen molar-refractivity contribution in [3.8, 4) is 0 Å². The molecule has 10 heteroatoms. The third kappa shape index (κ3) is 5.50. The number of hydrogen-bond acceptors (Lipinski definition) is 6. The van der Waals surface area contributed by atoms with Crippen LogP contribution in [0.2, 0.25) is 0 Å². The van der Waals surface area contributed by atoms with Crippen molar-refractivity contribution in [2.24, 2.45) is 0 Å². The number of carbonyl (C=O) groups is 2. The topological polar surface area (TPSA) is 92.8 Å². The number of rotatable bonds is 7. The molecule has 0 saturated heterocycles. The Morgan fingerprint density at radius 3 is 2.03 bits per heavy atom. The molecule has 1 N–H and O–H groups in total. The summed E-state index contributed by atoms with van der Waals surface area (Å²) in [5.74, 6) is -5.01. The molecule has 29 heavy (non-hydrogen) atoms. The molecule has 0 aliphatic carbocycles. The van der Waals surface area contributed by atoms with Crippen molar-refractivity contribution in [2.75, 3.05) is 24.3 Å². The zero-order chi connectivity index (χ0) is 21.8. The Hall–Kier alpha value is -3.01. The molecule has 1 amide bonds. The molecular weight excluding hydrogens is 406 g/mol. The lowest BCUT2D eigenvalue weighted by Crippen LogP contribution is -2.30. The number of anilines is 2. The maximum absolute atomic E-state index is 12.5. The summed E-state index contributed by atoms with van der Waals surface area (Å²) < 4.78 is 52.9. The van der Waals surface area contributed by atoms with E-state index in [1.807, 2.05) is 19.0 Å². The lowest BCUT2D eigenvalue weighted by Gasteiger charge is -2.15. The summed E-state index contributed by atoms with van der Waals surface area (Å²) in [6.07, 6.45) is -1.14. The fraction of sp³-hybridized carbons (Fsp3) is 0.263. The highest BCUT2D eigenvalue weighted by molar-refractivity contribution is 7.91. The minimum Gasteiger partial charge on any atom is -0.449 e. The zero-order valence-electron chi connectivity index (χ0n) is 15.9. The number of nitrogens with zero attached hydrogens (tertiary/aromatic N) is 1. The third-order valence-corrected chi connectivity index (χ3v) is 5.36. The average molecular weight is 426 g/mol. The summed E-state index contributed by atoms with van der Waals surface area (Å²) in [5, 5.41) is 2.61. The third-order valence-electron chi connectivity index (χ3n) is 3.96. The van der Waals surface area contributed by atoms with Crippen LogP contribution in [-0.4, -0.2) is 46.3 Å². The van der Waals surface area contributed by atoms with E-state index in [0.717, 1.165) is 30.0 Å². The van der Waals surface area contributed by atoms with Gasteiger partial charge in [0.05, 0.1) is 10.5 Å². The molecule has 7 nitrogen and oxygen atoms in total. The minimum atomic E-state index is -4.75. The van der Waals surface area contributed by atoms with Crippen LogP contribution in [0.5, 0.6) is 0 Å². The Kier molecular flexibility index (Phi) is 6.91. The van der Waals surface area contributed by atoms with Gasteiger partial charge in [-0.15, -0.1) is 0 Å². The van der Waals surface area contributed by atoms with Crippen LogP contribution in [0.3, 0.4) is 0 Å². The van der Waals surface area contributed by atoms with Crippen LogP contribution in [0, 0.1) is 0 Å². The Balaban J connectivity index is 1.99. The number of amides is 1. The lowest BCUT2D eigenvalue weighted by molar-refractivity contribution is -0.123. The summed E-state index contributed by atoms with van der Waals surface area (Å²) >= 11 is 0. The first-order chi connectivity index (χ1) is 13.5. The van der Waals surface area contributed by atoms with E-state index in [9.17, 15) is 26.8 Å². The highest BCUT2D eigenvalue weighted by Gasteiger charge is 2.27. The van der Waals surface area contributed by atoms with Crippen LogP contribution < -0.4 is 10.2 Å². The molecule has 2 aromatic rings. The molecule has 0 aromatic heterocycles. The van der Waals surface area contributed by atoms with Gasteiger partial charge in [-0.1, -0.05) is 0 Å². The van der Waals surface area contributed by atoms with Gasteiger partial charge in [-0.3, -0.25) is 4.79 Å². The molecule has 1 atom stereocenters. The molecule has 2 rings (SSSR count). The van der Waals surface area contributed by atoms with Crippen molar-refractivity contribution in [1.29, 1.82) is 0 Å². The van der Waals surface area contributed by atoms with Crippen molar-refractivity contribution >= 4 is 33.1 Å². The largest absolute Gasteiger partial charge is 0.449 e. The highest BCUT2D eigenvalue weighted by Crippen LogP contribution is 2.19. The number of ether oxygens (including phenoxy) is 1. The molecule has 0 fully saturated rings. The molecule has 0 bridgehead atoms. The Morgan fingerprint density at radius 2 is 1.55 bits per heavy atom. The van der Waals surface area contributed by atoms with E-state index in [0.29, 0.717) is 5.69 Å². The van der Waals surface area contributed by atoms with Crippen LogP contribution in [0.4, 0.5) is 20.2 Å². The quantitative estimate of drug-likeness (QED) is 0.685. The van der Waals surface area contributed by atoms with E-state index in [-0.39, 0.29) is 5.56 Å². The molecule has 156 valence electrons. The molecular formula is C19H20F2N2O5S. The fourth-order valence-electron chi connectivity index (χ4n) is 2.25. The average Bonchev–Trinajstić information content (AvgIpc) is 2.68. The summed E-state index contributed by atoms with van der Waals surface area (Å²) in [6, 6.07) is 10.9.